The van der Waals surface area contributed by atoms with Gasteiger partial charge in [0.2, 0.25) is 0 Å². The van der Waals surface area contributed by atoms with E-state index in [4.69, 9.17) is 16.6 Å². The Morgan fingerprint density at radius 3 is 2.73 bits per heavy atom. The van der Waals surface area contributed by atoms with E-state index < -0.39 is 18.4 Å². The number of carbonyl (C=O) groups excluding carboxylic acids is 1. The Morgan fingerprint density at radius 1 is 1.24 bits per heavy atom. The van der Waals surface area contributed by atoms with Crippen LogP contribution in [-0.2, 0) is 0 Å². The molecule has 3 aliphatic heterocycles. The van der Waals surface area contributed by atoms with Crippen molar-refractivity contribution in [2.75, 3.05) is 19.6 Å². The molecule has 0 unspecified atom stereocenters. The minimum Gasteiger partial charge on any atom is -0.333 e. The summed E-state index contributed by atoms with van der Waals surface area (Å²) in [5.74, 6) is 0.0780. The number of fused-ring (bicyclic) bond motifs is 1. The summed E-state index contributed by atoms with van der Waals surface area (Å²) < 4.78 is 41.4. The maximum atomic E-state index is 13.9. The summed E-state index contributed by atoms with van der Waals surface area (Å²) in [6.45, 7) is -0.944. The van der Waals surface area contributed by atoms with Crippen molar-refractivity contribution in [2.24, 2.45) is 4.99 Å². The first kappa shape index (κ1) is 24.0. The van der Waals surface area contributed by atoms with Gasteiger partial charge in [0.15, 0.2) is 10.8 Å². The van der Waals surface area contributed by atoms with Gasteiger partial charge in [-0.1, -0.05) is 17.7 Å². The molecular weight excluding hydrogens is 527 g/mol. The largest absolute Gasteiger partial charge is 0.333 e. The van der Waals surface area contributed by atoms with Gasteiger partial charge in [-0.15, -0.1) is 11.3 Å². The predicted molar refractivity (Wildman–Crippen MR) is 133 cm³/mol. The molecule has 5 heterocycles. The Morgan fingerprint density at radius 2 is 2.08 bits per heavy atom. The molecule has 1 N–H and O–H groups in total. The van der Waals surface area contributed by atoms with Crippen molar-refractivity contribution in [3.63, 3.8) is 0 Å². The predicted octanol–water partition coefficient (Wildman–Crippen LogP) is 4.93. The summed E-state index contributed by atoms with van der Waals surface area (Å²) in [6.07, 6.45) is 4.29. The van der Waals surface area contributed by atoms with Crippen LogP contribution in [0.1, 0.15) is 41.7 Å². The van der Waals surface area contributed by atoms with Crippen LogP contribution < -0.4 is 5.32 Å². The van der Waals surface area contributed by atoms with E-state index in [0.29, 0.717) is 45.3 Å². The van der Waals surface area contributed by atoms with Gasteiger partial charge >= 0.3 is 12.6 Å². The van der Waals surface area contributed by atoms with Gasteiger partial charge in [-0.2, -0.15) is 13.9 Å². The van der Waals surface area contributed by atoms with Crippen LogP contribution in [-0.4, -0.2) is 62.1 Å². The highest BCUT2D eigenvalue weighted by molar-refractivity contribution is 7.11. The van der Waals surface area contributed by atoms with Gasteiger partial charge < -0.3 is 15.1 Å². The molecule has 0 bridgehead atoms. The molecule has 2 atom stereocenters. The summed E-state index contributed by atoms with van der Waals surface area (Å²) in [6, 6.07) is 4.42. The van der Waals surface area contributed by atoms with Crippen molar-refractivity contribution >= 4 is 40.4 Å². The number of carbonyl (C=O) groups is 1. The first-order valence-corrected chi connectivity index (χ1v) is 13.0. The standard InChI is InChI=1S/C24H21ClF3N7OS/c25-16-10-13(26)2-3-15(16)20-19(17-4-8-35(32-17)23(27)28)18-11-14(30-24(36)33-6-1-7-33)12-34(18)21(31-20)22-29-5-9-37-22/h2-5,8-10,14,20,23H,1,6-7,11-12H2,(H,30,36)/t14-,20-/m0/s1. The lowest BCUT2D eigenvalue weighted by molar-refractivity contribution is 0.0564. The third-order valence-corrected chi connectivity index (χ3v) is 7.79. The Labute approximate surface area is 219 Å². The summed E-state index contributed by atoms with van der Waals surface area (Å²) in [5.41, 5.74) is 2.18. The summed E-state index contributed by atoms with van der Waals surface area (Å²) in [5, 5.41) is 9.87. The Kier molecular flexibility index (Phi) is 6.15. The van der Waals surface area contributed by atoms with E-state index in [0.717, 1.165) is 25.2 Å². The van der Waals surface area contributed by atoms with Crippen LogP contribution in [0.2, 0.25) is 5.02 Å². The zero-order chi connectivity index (χ0) is 25.7. The summed E-state index contributed by atoms with van der Waals surface area (Å²) in [4.78, 5) is 25.8. The third kappa shape index (κ3) is 4.37. The van der Waals surface area contributed by atoms with E-state index in [2.05, 4.69) is 15.4 Å². The molecular formula is C24H21ClF3N7OS. The van der Waals surface area contributed by atoms with Crippen molar-refractivity contribution in [3.05, 3.63) is 74.8 Å². The molecule has 3 aromatic rings. The number of hydrogen-bond donors (Lipinski definition) is 1. The van der Waals surface area contributed by atoms with Crippen molar-refractivity contribution in [1.29, 1.82) is 0 Å². The van der Waals surface area contributed by atoms with Crippen molar-refractivity contribution in [1.82, 2.24) is 29.9 Å². The SMILES string of the molecule is O=C(N[C@H]1CC2=C(c3ccn(C(F)F)n3)[C@H](c3ccc(F)cc3Cl)N=C(c3nccs3)N2C1)N1CCC1. The minimum atomic E-state index is -2.81. The fraction of sp³-hybridized carbons (Fsp3) is 0.333. The van der Waals surface area contributed by atoms with E-state index in [-0.39, 0.29) is 17.1 Å². The van der Waals surface area contributed by atoms with Crippen LogP contribution in [0.5, 0.6) is 0 Å². The zero-order valence-corrected chi connectivity index (χ0v) is 20.9. The molecule has 8 nitrogen and oxygen atoms in total. The number of nitrogens with zero attached hydrogens (tertiary/aromatic N) is 6. The third-order valence-electron chi connectivity index (χ3n) is 6.70. The molecule has 2 amide bonds. The second kappa shape index (κ2) is 9.49. The highest BCUT2D eigenvalue weighted by Gasteiger charge is 2.41. The number of urea groups is 1. The molecule has 2 fully saturated rings. The highest BCUT2D eigenvalue weighted by Crippen LogP contribution is 2.46. The number of thiazole rings is 1. The zero-order valence-electron chi connectivity index (χ0n) is 19.3. The molecule has 192 valence electrons. The monoisotopic (exact) mass is 547 g/mol. The van der Waals surface area contributed by atoms with Crippen molar-refractivity contribution in [2.45, 2.75) is 31.5 Å². The van der Waals surface area contributed by atoms with E-state index in [9.17, 15) is 18.0 Å². The Hall–Kier alpha value is -3.38. The smallest absolute Gasteiger partial charge is 0.333 e. The number of amides is 2. The molecule has 2 saturated heterocycles. The van der Waals surface area contributed by atoms with Gasteiger partial charge in [-0.05, 0) is 24.6 Å². The minimum absolute atomic E-state index is 0.133. The lowest BCUT2D eigenvalue weighted by Crippen LogP contribution is -2.51. The van der Waals surface area contributed by atoms with E-state index >= 15 is 0 Å². The molecule has 13 heteroatoms. The lowest BCUT2D eigenvalue weighted by Gasteiger charge is -2.32. The fourth-order valence-electron chi connectivity index (χ4n) is 4.84. The molecule has 6 rings (SSSR count). The number of amidine groups is 1. The molecule has 3 aliphatic rings. The number of halogens is 4. The average Bonchev–Trinajstić information content (AvgIpc) is 3.57. The van der Waals surface area contributed by atoms with Crippen LogP contribution in [0.3, 0.4) is 0 Å². The average molecular weight is 548 g/mol. The van der Waals surface area contributed by atoms with Crippen LogP contribution in [0.25, 0.3) is 5.57 Å². The number of nitrogens with one attached hydrogen (secondary N) is 1. The number of aromatic nitrogens is 3. The number of aliphatic imine (C=N–C) groups is 1. The molecule has 0 aliphatic carbocycles. The second-order valence-electron chi connectivity index (χ2n) is 8.98. The molecule has 1 aromatic carbocycles. The number of likely N-dealkylation sites (tertiary alicyclic amines) is 1. The van der Waals surface area contributed by atoms with Gasteiger partial charge in [0.25, 0.3) is 0 Å². The fourth-order valence-corrected chi connectivity index (χ4v) is 5.75. The maximum Gasteiger partial charge on any atom is 0.333 e. The number of benzene rings is 1. The Balaban J connectivity index is 1.48. The van der Waals surface area contributed by atoms with Crippen molar-refractivity contribution in [3.8, 4) is 0 Å². The van der Waals surface area contributed by atoms with E-state index in [1.165, 1.54) is 35.7 Å². The number of rotatable bonds is 5. The lowest BCUT2D eigenvalue weighted by atomic mass is 9.92. The number of hydrogen-bond acceptors (Lipinski definition) is 6. The molecule has 0 radical (unpaired) electrons. The van der Waals surface area contributed by atoms with Crippen LogP contribution in [0, 0.1) is 5.82 Å². The Bertz CT molecular complexity index is 1400. The quantitative estimate of drug-likeness (QED) is 0.491. The normalized spacial score (nSPS) is 21.3. The highest BCUT2D eigenvalue weighted by atomic mass is 35.5. The molecule has 2 aromatic heterocycles. The van der Waals surface area contributed by atoms with Gasteiger partial charge in [0, 0.05) is 65.7 Å². The van der Waals surface area contributed by atoms with E-state index in [1.54, 1.807) is 17.2 Å². The van der Waals surface area contributed by atoms with Gasteiger partial charge in [-0.3, -0.25) is 4.99 Å². The molecule has 0 spiro atoms. The second-order valence-corrected chi connectivity index (χ2v) is 10.3. The topological polar surface area (TPSA) is 78.6 Å². The van der Waals surface area contributed by atoms with Crippen LogP contribution in [0.4, 0.5) is 18.0 Å². The first-order chi connectivity index (χ1) is 17.9. The van der Waals surface area contributed by atoms with Gasteiger partial charge in [-0.25, -0.2) is 18.9 Å². The van der Waals surface area contributed by atoms with Crippen molar-refractivity contribution < 1.29 is 18.0 Å². The van der Waals surface area contributed by atoms with Crippen LogP contribution in [0.15, 0.2) is 52.7 Å². The summed E-state index contributed by atoms with van der Waals surface area (Å²) in [7, 11) is 0. The van der Waals surface area contributed by atoms with Gasteiger partial charge in [0.1, 0.15) is 11.9 Å². The first-order valence-electron chi connectivity index (χ1n) is 11.7. The van der Waals surface area contributed by atoms with Gasteiger partial charge in [0.05, 0.1) is 11.7 Å². The number of alkyl halides is 2. The van der Waals surface area contributed by atoms with Crippen LogP contribution >= 0.6 is 22.9 Å². The summed E-state index contributed by atoms with van der Waals surface area (Å²) >= 11 is 7.88. The maximum absolute atomic E-state index is 13.9. The molecule has 0 saturated carbocycles. The van der Waals surface area contributed by atoms with E-state index in [1.807, 2.05) is 10.3 Å². The molecule has 37 heavy (non-hydrogen) atoms.